The van der Waals surface area contributed by atoms with E-state index >= 15 is 0 Å². The van der Waals surface area contributed by atoms with Crippen molar-refractivity contribution in [1.82, 2.24) is 14.5 Å². The van der Waals surface area contributed by atoms with Crippen LogP contribution >= 0.6 is 11.3 Å². The minimum Gasteiger partial charge on any atom is -0.378 e. The van der Waals surface area contributed by atoms with Crippen LogP contribution in [-0.2, 0) is 11.3 Å². The predicted molar refractivity (Wildman–Crippen MR) is 150 cm³/mol. The molecule has 6 rings (SSSR count). The summed E-state index contributed by atoms with van der Waals surface area (Å²) in [6, 6.07) is 27.3. The fraction of sp³-hybridized carbons (Fsp3) is 0.207. The maximum Gasteiger partial charge on any atom is 0.324 e. The van der Waals surface area contributed by atoms with Crippen LogP contribution in [0, 0.1) is 0 Å². The first-order valence-corrected chi connectivity index (χ1v) is 13.1. The van der Waals surface area contributed by atoms with Gasteiger partial charge < -0.3 is 4.90 Å². The van der Waals surface area contributed by atoms with Gasteiger partial charge in [0, 0.05) is 45.0 Å². The van der Waals surface area contributed by atoms with Gasteiger partial charge in [0.05, 0.1) is 4.53 Å². The van der Waals surface area contributed by atoms with Gasteiger partial charge in [-0.3, -0.25) is 20.0 Å². The molecule has 38 heavy (non-hydrogen) atoms. The Morgan fingerprint density at radius 2 is 1.45 bits per heavy atom. The molecule has 1 aromatic heterocycles. The Balaban J connectivity index is 1.64. The summed E-state index contributed by atoms with van der Waals surface area (Å²) >= 11 is 1.31. The molecule has 2 amide bonds. The van der Waals surface area contributed by atoms with Crippen LogP contribution in [0.2, 0.25) is 0 Å². The van der Waals surface area contributed by atoms with Gasteiger partial charge >= 0.3 is 6.03 Å². The third kappa shape index (κ3) is 3.18. The Morgan fingerprint density at radius 3 is 2.05 bits per heavy atom. The van der Waals surface area contributed by atoms with Crippen molar-refractivity contribution in [1.29, 1.82) is 0 Å². The third-order valence-electron chi connectivity index (χ3n) is 7.48. The minimum absolute atomic E-state index is 0.204. The number of carbonyl (C=O) groups is 1. The number of amides is 2. The van der Waals surface area contributed by atoms with Gasteiger partial charge in [0.1, 0.15) is 0 Å². The normalized spacial score (nSPS) is 22.5. The third-order valence-corrected chi connectivity index (χ3v) is 8.45. The molecule has 9 heteroatoms. The number of nitrogens with zero attached hydrogens (tertiary/aromatic N) is 5. The van der Waals surface area contributed by atoms with Gasteiger partial charge in [-0.1, -0.05) is 84.1 Å². The standard InChI is InChI=1S/C29H28N6O2S/c1-32(2)23-17-15-20(16-18-23)19-24-25(36)35-26(38-24)30-28(21-11-7-5-8-12-21)29(31-35,22-13-9-6-10-14-22)34(4)27(37)33(28)3/h5-19,31H,1-4H3/b24-19-/t28-,29+/m0/s1. The van der Waals surface area contributed by atoms with E-state index in [9.17, 15) is 9.59 Å². The maximum atomic E-state index is 13.8. The van der Waals surface area contributed by atoms with Gasteiger partial charge in [0.15, 0.2) is 0 Å². The van der Waals surface area contributed by atoms with E-state index in [0.29, 0.717) is 9.33 Å². The summed E-state index contributed by atoms with van der Waals surface area (Å²) in [4.78, 5) is 38.5. The van der Waals surface area contributed by atoms with E-state index in [2.05, 4.69) is 5.43 Å². The Morgan fingerprint density at radius 1 is 0.842 bits per heavy atom. The Hall–Kier alpha value is -4.37. The highest BCUT2D eigenvalue weighted by Gasteiger charge is 2.69. The molecule has 0 aliphatic carbocycles. The van der Waals surface area contributed by atoms with E-state index in [1.807, 2.05) is 110 Å². The quantitative estimate of drug-likeness (QED) is 0.446. The second kappa shape index (κ2) is 8.59. The summed E-state index contributed by atoms with van der Waals surface area (Å²) in [5.74, 6) is 0. The molecule has 2 atom stereocenters. The van der Waals surface area contributed by atoms with Gasteiger partial charge in [-0.15, -0.1) is 0 Å². The van der Waals surface area contributed by atoms with Crippen LogP contribution in [0.3, 0.4) is 0 Å². The van der Waals surface area contributed by atoms with Crippen LogP contribution in [0.4, 0.5) is 10.5 Å². The molecular weight excluding hydrogens is 496 g/mol. The summed E-state index contributed by atoms with van der Waals surface area (Å²) < 4.78 is 2.04. The van der Waals surface area contributed by atoms with Gasteiger partial charge in [-0.25, -0.2) is 9.79 Å². The van der Waals surface area contributed by atoms with Crippen molar-refractivity contribution in [2.75, 3.05) is 38.5 Å². The molecule has 1 fully saturated rings. The monoisotopic (exact) mass is 524 g/mol. The minimum atomic E-state index is -1.18. The smallest absolute Gasteiger partial charge is 0.324 e. The molecule has 0 unspecified atom stereocenters. The first-order valence-electron chi connectivity index (χ1n) is 12.3. The van der Waals surface area contributed by atoms with Crippen molar-refractivity contribution in [2.24, 2.45) is 4.99 Å². The fourth-order valence-electron chi connectivity index (χ4n) is 5.54. The number of anilines is 1. The summed E-state index contributed by atoms with van der Waals surface area (Å²) in [6.45, 7) is 0. The number of nitrogens with one attached hydrogen (secondary N) is 1. The van der Waals surface area contributed by atoms with Gasteiger partial charge in [-0.2, -0.15) is 4.68 Å². The molecule has 2 aliphatic rings. The van der Waals surface area contributed by atoms with Crippen LogP contribution < -0.4 is 25.2 Å². The van der Waals surface area contributed by atoms with E-state index in [0.717, 1.165) is 22.4 Å². The molecule has 1 saturated heterocycles. The fourth-order valence-corrected chi connectivity index (χ4v) is 6.50. The summed E-state index contributed by atoms with van der Waals surface area (Å²) in [6.07, 6.45) is 1.88. The van der Waals surface area contributed by atoms with Gasteiger partial charge in [0.2, 0.25) is 16.1 Å². The molecule has 192 valence electrons. The van der Waals surface area contributed by atoms with Crippen molar-refractivity contribution in [3.8, 4) is 0 Å². The average molecular weight is 525 g/mol. The van der Waals surface area contributed by atoms with Crippen molar-refractivity contribution in [2.45, 2.75) is 11.3 Å². The van der Waals surface area contributed by atoms with Gasteiger partial charge in [0.25, 0.3) is 5.56 Å². The van der Waals surface area contributed by atoms with E-state index in [1.165, 1.54) is 16.0 Å². The molecule has 0 spiro atoms. The number of benzene rings is 3. The van der Waals surface area contributed by atoms with E-state index < -0.39 is 11.3 Å². The van der Waals surface area contributed by atoms with Crippen molar-refractivity contribution in [3.63, 3.8) is 0 Å². The Labute approximate surface area is 224 Å². The number of hydrogen-bond donors (Lipinski definition) is 1. The van der Waals surface area contributed by atoms with Crippen molar-refractivity contribution >= 4 is 29.1 Å². The largest absolute Gasteiger partial charge is 0.378 e. The summed E-state index contributed by atoms with van der Waals surface area (Å²) in [5.41, 5.74) is 4.61. The first-order chi connectivity index (χ1) is 18.3. The second-order valence-corrected chi connectivity index (χ2v) is 10.8. The van der Waals surface area contributed by atoms with Crippen LogP contribution in [0.1, 0.15) is 16.7 Å². The lowest BCUT2D eigenvalue weighted by Crippen LogP contribution is -2.67. The molecule has 4 aromatic rings. The lowest BCUT2D eigenvalue weighted by molar-refractivity contribution is 0.0648. The lowest BCUT2D eigenvalue weighted by atomic mass is 9.80. The highest BCUT2D eigenvalue weighted by atomic mass is 32.1. The van der Waals surface area contributed by atoms with E-state index in [1.54, 1.807) is 23.9 Å². The number of carbonyl (C=O) groups excluding carboxylic acids is 1. The zero-order valence-corrected chi connectivity index (χ0v) is 22.4. The SMILES string of the molecule is CN(C)c1ccc(/C=c2\sc3n(c2=O)N[C@]2(c4ccccc4)N(C)C(=O)N(C)[C@]2(c2ccccc2)N=3)cc1. The Bertz CT molecular complexity index is 1700. The summed E-state index contributed by atoms with van der Waals surface area (Å²) in [5, 5.41) is 0. The topological polar surface area (TPSA) is 73.2 Å². The van der Waals surface area contributed by atoms with E-state index in [-0.39, 0.29) is 11.6 Å². The second-order valence-electron chi connectivity index (χ2n) is 9.76. The number of urea groups is 1. The van der Waals surface area contributed by atoms with Gasteiger partial charge in [-0.05, 0) is 23.8 Å². The molecular formula is C29H28N6O2S. The number of aromatic nitrogens is 1. The van der Waals surface area contributed by atoms with Crippen LogP contribution in [0.5, 0.6) is 0 Å². The highest BCUT2D eigenvalue weighted by molar-refractivity contribution is 7.07. The van der Waals surface area contributed by atoms with Crippen LogP contribution in [0.15, 0.2) is 94.7 Å². The number of likely N-dealkylation sites (N-methyl/N-ethyl adjacent to an activating group) is 2. The number of thiazole rings is 1. The van der Waals surface area contributed by atoms with Crippen LogP contribution in [-0.4, -0.2) is 48.7 Å². The molecule has 3 aromatic carbocycles. The molecule has 0 bridgehead atoms. The van der Waals surface area contributed by atoms with Crippen molar-refractivity contribution < 1.29 is 4.79 Å². The summed E-state index contributed by atoms with van der Waals surface area (Å²) in [7, 11) is 7.50. The number of hydrogen-bond acceptors (Lipinski definition) is 6. The zero-order valence-electron chi connectivity index (χ0n) is 21.6. The molecule has 0 saturated carbocycles. The maximum absolute atomic E-state index is 13.8. The molecule has 3 heterocycles. The number of rotatable bonds is 4. The molecule has 8 nitrogen and oxygen atoms in total. The van der Waals surface area contributed by atoms with E-state index in [4.69, 9.17) is 4.99 Å². The molecule has 1 N–H and O–H groups in total. The predicted octanol–water partition coefficient (Wildman–Crippen LogP) is 2.68. The highest BCUT2D eigenvalue weighted by Crippen LogP contribution is 2.53. The van der Waals surface area contributed by atoms with Crippen LogP contribution in [0.25, 0.3) is 6.08 Å². The van der Waals surface area contributed by atoms with Crippen molar-refractivity contribution in [3.05, 3.63) is 121 Å². The Kier molecular flexibility index (Phi) is 5.43. The molecule has 2 aliphatic heterocycles. The zero-order chi connectivity index (χ0) is 26.7. The average Bonchev–Trinajstić information content (AvgIpc) is 3.33. The lowest BCUT2D eigenvalue weighted by Gasteiger charge is -2.49. The number of fused-ring (bicyclic) bond motifs is 2. The molecule has 0 radical (unpaired) electrons. The first kappa shape index (κ1) is 24.0.